The first-order chi connectivity index (χ1) is 9.80. The van der Waals surface area contributed by atoms with E-state index in [1.54, 1.807) is 0 Å². The van der Waals surface area contributed by atoms with Gasteiger partial charge in [0.1, 0.15) is 0 Å². The van der Waals surface area contributed by atoms with Gasteiger partial charge in [0.15, 0.2) is 0 Å². The number of aliphatic hydroxyl groups excluding tert-OH is 1. The van der Waals surface area contributed by atoms with Gasteiger partial charge in [0.2, 0.25) is 0 Å². The highest BCUT2D eigenvalue weighted by Crippen LogP contribution is 2.43. The summed E-state index contributed by atoms with van der Waals surface area (Å²) in [5, 5.41) is 12.5. The normalized spacial score (nSPS) is 24.6. The number of rotatable bonds is 5. The SMILES string of the molecule is OCc1ccc(CNCC2CCC3(CCCC3)O2)cc1. The molecule has 1 unspecified atom stereocenters. The van der Waals surface area contributed by atoms with E-state index in [2.05, 4.69) is 17.4 Å². The third kappa shape index (κ3) is 3.22. The molecule has 0 bridgehead atoms. The van der Waals surface area contributed by atoms with Crippen molar-refractivity contribution in [1.82, 2.24) is 5.32 Å². The minimum absolute atomic E-state index is 0.117. The van der Waals surface area contributed by atoms with Crippen molar-refractivity contribution in [3.05, 3.63) is 35.4 Å². The predicted octanol–water partition coefficient (Wildman–Crippen LogP) is 2.76. The van der Waals surface area contributed by atoms with Crippen molar-refractivity contribution in [3.8, 4) is 0 Å². The summed E-state index contributed by atoms with van der Waals surface area (Å²) in [5.74, 6) is 0. The van der Waals surface area contributed by atoms with Gasteiger partial charge in [-0.1, -0.05) is 37.1 Å². The smallest absolute Gasteiger partial charge is 0.0708 e. The molecule has 1 atom stereocenters. The van der Waals surface area contributed by atoms with Crippen LogP contribution in [0.3, 0.4) is 0 Å². The zero-order valence-electron chi connectivity index (χ0n) is 12.1. The van der Waals surface area contributed by atoms with Crippen molar-refractivity contribution in [2.45, 2.75) is 63.4 Å². The van der Waals surface area contributed by atoms with E-state index >= 15 is 0 Å². The summed E-state index contributed by atoms with van der Waals surface area (Å²) in [6.07, 6.45) is 8.08. The Morgan fingerprint density at radius 2 is 1.80 bits per heavy atom. The molecule has 1 aromatic rings. The monoisotopic (exact) mass is 275 g/mol. The zero-order valence-corrected chi connectivity index (χ0v) is 12.1. The van der Waals surface area contributed by atoms with Gasteiger partial charge >= 0.3 is 0 Å². The Morgan fingerprint density at radius 1 is 1.10 bits per heavy atom. The summed E-state index contributed by atoms with van der Waals surface area (Å²) in [4.78, 5) is 0. The number of hydrogen-bond donors (Lipinski definition) is 2. The van der Waals surface area contributed by atoms with Crippen LogP contribution in [0.2, 0.25) is 0 Å². The maximum atomic E-state index is 9.02. The van der Waals surface area contributed by atoms with Crippen LogP contribution in [0.5, 0.6) is 0 Å². The predicted molar refractivity (Wildman–Crippen MR) is 79.4 cm³/mol. The maximum absolute atomic E-state index is 9.02. The molecule has 1 aliphatic carbocycles. The first kappa shape index (κ1) is 14.1. The van der Waals surface area contributed by atoms with E-state index in [4.69, 9.17) is 9.84 Å². The van der Waals surface area contributed by atoms with Crippen LogP contribution in [0.15, 0.2) is 24.3 Å². The van der Waals surface area contributed by atoms with Crippen molar-refractivity contribution in [3.63, 3.8) is 0 Å². The Balaban J connectivity index is 1.41. The van der Waals surface area contributed by atoms with Crippen LogP contribution in [0.4, 0.5) is 0 Å². The fraction of sp³-hybridized carbons (Fsp3) is 0.647. The van der Waals surface area contributed by atoms with Gasteiger partial charge in [-0.05, 0) is 36.8 Å². The quantitative estimate of drug-likeness (QED) is 0.868. The molecule has 1 aliphatic heterocycles. The van der Waals surface area contributed by atoms with E-state index in [-0.39, 0.29) is 12.2 Å². The van der Waals surface area contributed by atoms with Crippen molar-refractivity contribution < 1.29 is 9.84 Å². The largest absolute Gasteiger partial charge is 0.392 e. The van der Waals surface area contributed by atoms with Crippen LogP contribution >= 0.6 is 0 Å². The van der Waals surface area contributed by atoms with Crippen LogP contribution < -0.4 is 5.32 Å². The van der Waals surface area contributed by atoms with E-state index in [1.807, 2.05) is 12.1 Å². The minimum atomic E-state index is 0.117. The van der Waals surface area contributed by atoms with E-state index in [0.29, 0.717) is 6.10 Å². The van der Waals surface area contributed by atoms with Gasteiger partial charge in [-0.25, -0.2) is 0 Å². The highest BCUT2D eigenvalue weighted by atomic mass is 16.5. The number of benzene rings is 1. The number of hydrogen-bond acceptors (Lipinski definition) is 3. The van der Waals surface area contributed by atoms with Crippen LogP contribution in [0.1, 0.15) is 49.7 Å². The van der Waals surface area contributed by atoms with E-state index < -0.39 is 0 Å². The Labute approximate surface area is 121 Å². The molecule has 110 valence electrons. The van der Waals surface area contributed by atoms with Crippen LogP contribution in [-0.4, -0.2) is 23.4 Å². The fourth-order valence-corrected chi connectivity index (χ4v) is 3.57. The molecule has 0 aromatic heterocycles. The molecule has 2 N–H and O–H groups in total. The third-order valence-electron chi connectivity index (χ3n) is 4.76. The molecule has 0 amide bonds. The summed E-state index contributed by atoms with van der Waals surface area (Å²) in [6.45, 7) is 1.94. The van der Waals surface area contributed by atoms with Gasteiger partial charge < -0.3 is 15.2 Å². The molecule has 3 heteroatoms. The summed E-state index contributed by atoms with van der Waals surface area (Å²) < 4.78 is 6.29. The standard InChI is InChI=1S/C17H25NO2/c19-13-15-5-3-14(4-6-15)11-18-12-16-7-10-17(20-16)8-1-2-9-17/h3-6,16,18-19H,1-2,7-13H2. The van der Waals surface area contributed by atoms with Crippen LogP contribution in [-0.2, 0) is 17.9 Å². The molecule has 2 aliphatic rings. The van der Waals surface area contributed by atoms with Crippen LogP contribution in [0, 0.1) is 0 Å². The summed E-state index contributed by atoms with van der Waals surface area (Å²) in [6, 6.07) is 8.12. The van der Waals surface area contributed by atoms with E-state index in [9.17, 15) is 0 Å². The second-order valence-electron chi connectivity index (χ2n) is 6.27. The average Bonchev–Trinajstić information content (AvgIpc) is 3.10. The first-order valence-electron chi connectivity index (χ1n) is 7.87. The number of ether oxygens (including phenoxy) is 1. The minimum Gasteiger partial charge on any atom is -0.392 e. The number of nitrogens with one attached hydrogen (secondary N) is 1. The lowest BCUT2D eigenvalue weighted by Gasteiger charge is -2.23. The van der Waals surface area contributed by atoms with Crippen LogP contribution in [0.25, 0.3) is 0 Å². The molecule has 20 heavy (non-hydrogen) atoms. The van der Waals surface area contributed by atoms with Gasteiger partial charge in [0, 0.05) is 13.1 Å². The molecule has 0 radical (unpaired) electrons. The van der Waals surface area contributed by atoms with Gasteiger partial charge in [0.25, 0.3) is 0 Å². The van der Waals surface area contributed by atoms with Gasteiger partial charge in [-0.2, -0.15) is 0 Å². The lowest BCUT2D eigenvalue weighted by Crippen LogP contribution is -2.30. The van der Waals surface area contributed by atoms with Gasteiger partial charge in [0.05, 0.1) is 18.3 Å². The molecule has 1 saturated carbocycles. The second kappa shape index (κ2) is 6.25. The maximum Gasteiger partial charge on any atom is 0.0708 e. The molecule has 1 saturated heterocycles. The lowest BCUT2D eigenvalue weighted by molar-refractivity contribution is -0.0351. The third-order valence-corrected chi connectivity index (χ3v) is 4.76. The zero-order chi connectivity index (χ0) is 13.8. The molecule has 1 spiro atoms. The summed E-state index contributed by atoms with van der Waals surface area (Å²) in [5.41, 5.74) is 2.47. The van der Waals surface area contributed by atoms with E-state index in [0.717, 1.165) is 18.7 Å². The molecule has 3 rings (SSSR count). The molecule has 3 nitrogen and oxygen atoms in total. The highest BCUT2D eigenvalue weighted by molar-refractivity contribution is 5.21. The molecular weight excluding hydrogens is 250 g/mol. The summed E-state index contributed by atoms with van der Waals surface area (Å²) >= 11 is 0. The lowest BCUT2D eigenvalue weighted by atomic mass is 9.98. The first-order valence-corrected chi connectivity index (χ1v) is 7.87. The Kier molecular flexibility index (Phi) is 4.39. The topological polar surface area (TPSA) is 41.5 Å². The van der Waals surface area contributed by atoms with E-state index in [1.165, 1.54) is 44.1 Å². The molecular formula is C17H25NO2. The second-order valence-corrected chi connectivity index (χ2v) is 6.27. The Bertz CT molecular complexity index is 423. The van der Waals surface area contributed by atoms with Crippen molar-refractivity contribution in [2.24, 2.45) is 0 Å². The molecule has 1 aromatic carbocycles. The van der Waals surface area contributed by atoms with Crippen molar-refractivity contribution in [1.29, 1.82) is 0 Å². The molecule has 2 fully saturated rings. The van der Waals surface area contributed by atoms with Gasteiger partial charge in [-0.15, -0.1) is 0 Å². The fourth-order valence-electron chi connectivity index (χ4n) is 3.57. The highest BCUT2D eigenvalue weighted by Gasteiger charge is 2.41. The van der Waals surface area contributed by atoms with Gasteiger partial charge in [-0.3, -0.25) is 0 Å². The average molecular weight is 275 g/mol. The van der Waals surface area contributed by atoms with Crippen molar-refractivity contribution >= 4 is 0 Å². The van der Waals surface area contributed by atoms with Crippen molar-refractivity contribution in [2.75, 3.05) is 6.54 Å². The summed E-state index contributed by atoms with van der Waals surface area (Å²) in [7, 11) is 0. The Hall–Kier alpha value is -0.900. The Morgan fingerprint density at radius 3 is 2.50 bits per heavy atom. The number of aliphatic hydroxyl groups is 1. The molecule has 1 heterocycles.